The van der Waals surface area contributed by atoms with E-state index in [4.69, 9.17) is 4.74 Å². The molecule has 1 aliphatic heterocycles. The average molecular weight is 273 g/mol. The second-order valence-corrected chi connectivity index (χ2v) is 6.91. The van der Waals surface area contributed by atoms with Crippen molar-refractivity contribution in [2.24, 2.45) is 5.92 Å². The lowest BCUT2D eigenvalue weighted by Gasteiger charge is -2.42. The first-order valence-electron chi connectivity index (χ1n) is 8.09. The second kappa shape index (κ2) is 5.40. The molecule has 0 aromatic heterocycles. The zero-order valence-electron chi connectivity index (χ0n) is 13.0. The van der Waals surface area contributed by atoms with E-state index in [0.717, 1.165) is 18.1 Å². The topological polar surface area (TPSA) is 21.3 Å². The number of aryl methyl sites for hydroxylation is 1. The Balaban J connectivity index is 1.92. The first-order chi connectivity index (χ1) is 9.62. The molecule has 1 aliphatic carbocycles. The third kappa shape index (κ3) is 2.58. The molecule has 2 heteroatoms. The van der Waals surface area contributed by atoms with Crippen molar-refractivity contribution < 1.29 is 4.74 Å². The average Bonchev–Trinajstić information content (AvgIpc) is 2.61. The number of ether oxygens (including phenoxy) is 1. The van der Waals surface area contributed by atoms with Crippen LogP contribution in [0, 0.1) is 12.8 Å². The number of benzene rings is 1. The highest BCUT2D eigenvalue weighted by atomic mass is 16.5. The van der Waals surface area contributed by atoms with Crippen molar-refractivity contribution in [3.05, 3.63) is 29.3 Å². The number of hydrogen-bond acceptors (Lipinski definition) is 2. The van der Waals surface area contributed by atoms with Crippen LogP contribution in [0.5, 0.6) is 5.75 Å². The maximum atomic E-state index is 6.54. The van der Waals surface area contributed by atoms with Crippen LogP contribution in [-0.4, -0.2) is 12.6 Å². The van der Waals surface area contributed by atoms with Gasteiger partial charge in [-0.3, -0.25) is 0 Å². The fourth-order valence-electron chi connectivity index (χ4n) is 3.91. The van der Waals surface area contributed by atoms with Gasteiger partial charge in [-0.25, -0.2) is 0 Å². The zero-order valence-corrected chi connectivity index (χ0v) is 13.0. The third-order valence-electron chi connectivity index (χ3n) is 5.21. The number of rotatable bonds is 1. The molecule has 3 atom stereocenters. The minimum Gasteiger partial charge on any atom is -0.487 e. The summed E-state index contributed by atoms with van der Waals surface area (Å²) in [6, 6.07) is 7.06. The summed E-state index contributed by atoms with van der Waals surface area (Å²) in [6.45, 7) is 4.54. The van der Waals surface area contributed by atoms with Crippen molar-refractivity contribution in [2.75, 3.05) is 7.05 Å². The lowest BCUT2D eigenvalue weighted by atomic mass is 9.81. The zero-order chi connectivity index (χ0) is 14.2. The van der Waals surface area contributed by atoms with Crippen molar-refractivity contribution in [3.63, 3.8) is 0 Å². The Kier molecular flexibility index (Phi) is 3.76. The van der Waals surface area contributed by atoms with Gasteiger partial charge in [0.2, 0.25) is 0 Å². The molecule has 2 nitrogen and oxygen atoms in total. The molecule has 0 amide bonds. The van der Waals surface area contributed by atoms with Crippen LogP contribution in [0.15, 0.2) is 18.2 Å². The summed E-state index contributed by atoms with van der Waals surface area (Å²) in [6.07, 6.45) is 7.50. The van der Waals surface area contributed by atoms with E-state index in [2.05, 4.69) is 44.4 Å². The highest BCUT2D eigenvalue weighted by molar-refractivity contribution is 5.41. The van der Waals surface area contributed by atoms with Gasteiger partial charge in [0.15, 0.2) is 0 Å². The van der Waals surface area contributed by atoms with E-state index < -0.39 is 0 Å². The molecule has 1 N–H and O–H groups in total. The first kappa shape index (κ1) is 13.9. The van der Waals surface area contributed by atoms with Crippen molar-refractivity contribution in [2.45, 2.75) is 64.0 Å². The summed E-state index contributed by atoms with van der Waals surface area (Å²) in [7, 11) is 2.08. The molecule has 20 heavy (non-hydrogen) atoms. The van der Waals surface area contributed by atoms with Gasteiger partial charge in [0, 0.05) is 18.0 Å². The normalized spacial score (nSPS) is 33.4. The quantitative estimate of drug-likeness (QED) is 0.820. The molecule has 0 radical (unpaired) electrons. The Morgan fingerprint density at radius 1 is 1.25 bits per heavy atom. The number of nitrogens with one attached hydrogen (secondary N) is 1. The molecule has 110 valence electrons. The van der Waals surface area contributed by atoms with Gasteiger partial charge in [0.1, 0.15) is 11.4 Å². The lowest BCUT2D eigenvalue weighted by Crippen LogP contribution is -2.43. The monoisotopic (exact) mass is 273 g/mol. The molecule has 1 aromatic rings. The number of fused-ring (bicyclic) bond motifs is 1. The highest BCUT2D eigenvalue weighted by Crippen LogP contribution is 2.46. The van der Waals surface area contributed by atoms with Gasteiger partial charge in [-0.1, -0.05) is 31.0 Å². The van der Waals surface area contributed by atoms with Crippen LogP contribution < -0.4 is 10.1 Å². The minimum atomic E-state index is 0.0701. The van der Waals surface area contributed by atoms with Crippen LogP contribution >= 0.6 is 0 Å². The van der Waals surface area contributed by atoms with E-state index in [0.29, 0.717) is 6.04 Å². The molecule has 0 bridgehead atoms. The van der Waals surface area contributed by atoms with Gasteiger partial charge < -0.3 is 10.1 Å². The largest absolute Gasteiger partial charge is 0.487 e. The van der Waals surface area contributed by atoms with Crippen molar-refractivity contribution in [3.8, 4) is 5.75 Å². The first-order valence-corrected chi connectivity index (χ1v) is 8.09. The molecule has 1 heterocycles. The Hall–Kier alpha value is -1.02. The predicted molar refractivity (Wildman–Crippen MR) is 83.2 cm³/mol. The minimum absolute atomic E-state index is 0.0701. The fourth-order valence-corrected chi connectivity index (χ4v) is 3.91. The maximum absolute atomic E-state index is 6.54. The van der Waals surface area contributed by atoms with Crippen LogP contribution in [0.2, 0.25) is 0 Å². The Morgan fingerprint density at radius 3 is 2.90 bits per heavy atom. The SMILES string of the molecule is CNC1CC2(CCCC(C)CC2)Oc2ccc(C)cc21. The van der Waals surface area contributed by atoms with Crippen LogP contribution in [0.1, 0.15) is 62.6 Å². The summed E-state index contributed by atoms with van der Waals surface area (Å²) in [4.78, 5) is 0. The van der Waals surface area contributed by atoms with Crippen LogP contribution in [0.4, 0.5) is 0 Å². The Bertz CT molecular complexity index is 484. The van der Waals surface area contributed by atoms with Crippen molar-refractivity contribution >= 4 is 0 Å². The number of hydrogen-bond donors (Lipinski definition) is 1. The summed E-state index contributed by atoms with van der Waals surface area (Å²) < 4.78 is 6.54. The van der Waals surface area contributed by atoms with E-state index in [1.807, 2.05) is 0 Å². The van der Waals surface area contributed by atoms with Gasteiger partial charge >= 0.3 is 0 Å². The summed E-state index contributed by atoms with van der Waals surface area (Å²) in [5, 5.41) is 3.51. The van der Waals surface area contributed by atoms with Gasteiger partial charge in [-0.15, -0.1) is 0 Å². The van der Waals surface area contributed by atoms with Gasteiger partial charge in [-0.05, 0) is 51.6 Å². The Labute approximate surface area is 122 Å². The van der Waals surface area contributed by atoms with E-state index in [1.54, 1.807) is 0 Å². The van der Waals surface area contributed by atoms with E-state index in [9.17, 15) is 0 Å². The summed E-state index contributed by atoms with van der Waals surface area (Å²) in [5.74, 6) is 1.96. The van der Waals surface area contributed by atoms with Gasteiger partial charge in [0.05, 0.1) is 0 Å². The third-order valence-corrected chi connectivity index (χ3v) is 5.21. The molecule has 1 spiro atoms. The smallest absolute Gasteiger partial charge is 0.124 e. The molecular formula is C18H27NO. The molecule has 1 fully saturated rings. The molecule has 0 saturated heterocycles. The van der Waals surface area contributed by atoms with Crippen molar-refractivity contribution in [1.82, 2.24) is 5.32 Å². The molecule has 1 saturated carbocycles. The standard InChI is InChI=1S/C18H27NO/c1-13-5-4-9-18(10-8-13)12-16(19-3)15-11-14(2)6-7-17(15)20-18/h6-7,11,13,16,19H,4-5,8-10,12H2,1-3H3. The fraction of sp³-hybridized carbons (Fsp3) is 0.667. The predicted octanol–water partition coefficient (Wildman–Crippen LogP) is 4.38. The van der Waals surface area contributed by atoms with Crippen molar-refractivity contribution in [1.29, 1.82) is 0 Å². The molecule has 3 rings (SSSR count). The van der Waals surface area contributed by atoms with Crippen LogP contribution in [-0.2, 0) is 0 Å². The summed E-state index contributed by atoms with van der Waals surface area (Å²) in [5.41, 5.74) is 2.73. The van der Waals surface area contributed by atoms with E-state index in [-0.39, 0.29) is 5.60 Å². The van der Waals surface area contributed by atoms with Gasteiger partial charge in [0.25, 0.3) is 0 Å². The van der Waals surface area contributed by atoms with E-state index >= 15 is 0 Å². The van der Waals surface area contributed by atoms with Gasteiger partial charge in [-0.2, -0.15) is 0 Å². The lowest BCUT2D eigenvalue weighted by molar-refractivity contribution is 0.0163. The van der Waals surface area contributed by atoms with Crippen LogP contribution in [0.25, 0.3) is 0 Å². The Morgan fingerprint density at radius 2 is 2.10 bits per heavy atom. The second-order valence-electron chi connectivity index (χ2n) is 6.91. The molecular weight excluding hydrogens is 246 g/mol. The molecule has 3 unspecified atom stereocenters. The van der Waals surface area contributed by atoms with E-state index in [1.165, 1.54) is 43.2 Å². The highest BCUT2D eigenvalue weighted by Gasteiger charge is 2.41. The van der Waals surface area contributed by atoms with Crippen LogP contribution in [0.3, 0.4) is 0 Å². The molecule has 1 aromatic carbocycles. The maximum Gasteiger partial charge on any atom is 0.124 e. The molecule has 2 aliphatic rings. The summed E-state index contributed by atoms with van der Waals surface area (Å²) >= 11 is 0.